The van der Waals surface area contributed by atoms with Crippen LogP contribution in [0.15, 0.2) is 72.8 Å². The predicted molar refractivity (Wildman–Crippen MR) is 131 cm³/mol. The Morgan fingerprint density at radius 2 is 1.42 bits per heavy atom. The highest BCUT2D eigenvalue weighted by Gasteiger charge is 2.18. The van der Waals surface area contributed by atoms with Gasteiger partial charge in [0, 0.05) is 5.56 Å². The maximum Gasteiger partial charge on any atom is 0.139 e. The van der Waals surface area contributed by atoms with Crippen molar-refractivity contribution in [3.8, 4) is 34.1 Å². The Morgan fingerprint density at radius 3 is 2.15 bits per heavy atom. The van der Waals surface area contributed by atoms with Crippen molar-refractivity contribution in [2.24, 2.45) is 0 Å². The SMILES string of the molecule is CCCc1ccc2c(c1)Cc1cc(C#Cc3ccc(-c4ccc(C)c(F)c4)cc3F)ccc1-2. The molecular formula is C31H24F2. The second-order valence-corrected chi connectivity index (χ2v) is 8.70. The number of rotatable bonds is 3. The Morgan fingerprint density at radius 1 is 0.727 bits per heavy atom. The first-order valence-electron chi connectivity index (χ1n) is 11.3. The van der Waals surface area contributed by atoms with Gasteiger partial charge in [0.05, 0.1) is 5.56 Å². The Kier molecular flexibility index (Phi) is 5.56. The van der Waals surface area contributed by atoms with E-state index < -0.39 is 5.82 Å². The first-order valence-corrected chi connectivity index (χ1v) is 11.3. The molecule has 0 saturated carbocycles. The Balaban J connectivity index is 1.39. The normalized spacial score (nSPS) is 11.5. The van der Waals surface area contributed by atoms with Crippen LogP contribution in [-0.2, 0) is 12.8 Å². The molecule has 0 heterocycles. The number of halogens is 2. The second-order valence-electron chi connectivity index (χ2n) is 8.70. The highest BCUT2D eigenvalue weighted by molar-refractivity contribution is 5.78. The number of fused-ring (bicyclic) bond motifs is 3. The molecule has 162 valence electrons. The summed E-state index contributed by atoms with van der Waals surface area (Å²) in [5.74, 6) is 5.38. The molecule has 0 bridgehead atoms. The molecule has 0 fully saturated rings. The van der Waals surface area contributed by atoms with Crippen molar-refractivity contribution in [2.75, 3.05) is 0 Å². The lowest BCUT2D eigenvalue weighted by Gasteiger charge is -2.05. The van der Waals surface area contributed by atoms with Crippen molar-refractivity contribution < 1.29 is 8.78 Å². The summed E-state index contributed by atoms with van der Waals surface area (Å²) in [6, 6.07) is 22.8. The summed E-state index contributed by atoms with van der Waals surface area (Å²) in [5, 5.41) is 0. The Hall–Kier alpha value is -3.70. The van der Waals surface area contributed by atoms with Crippen LogP contribution in [0, 0.1) is 30.4 Å². The first-order chi connectivity index (χ1) is 16.0. The molecule has 1 aliphatic carbocycles. The Labute approximate surface area is 193 Å². The average Bonchev–Trinajstić information content (AvgIpc) is 3.17. The van der Waals surface area contributed by atoms with Gasteiger partial charge in [-0.25, -0.2) is 8.78 Å². The van der Waals surface area contributed by atoms with Crippen molar-refractivity contribution in [2.45, 2.75) is 33.1 Å². The average molecular weight is 435 g/mol. The topological polar surface area (TPSA) is 0 Å². The minimum atomic E-state index is -0.405. The van der Waals surface area contributed by atoms with Gasteiger partial charge in [-0.2, -0.15) is 0 Å². The zero-order valence-electron chi connectivity index (χ0n) is 18.8. The highest BCUT2D eigenvalue weighted by atomic mass is 19.1. The van der Waals surface area contributed by atoms with Crippen molar-refractivity contribution in [3.05, 3.63) is 118 Å². The van der Waals surface area contributed by atoms with Gasteiger partial charge >= 0.3 is 0 Å². The summed E-state index contributed by atoms with van der Waals surface area (Å²) >= 11 is 0. The van der Waals surface area contributed by atoms with Gasteiger partial charge in [0.2, 0.25) is 0 Å². The molecule has 0 spiro atoms. The third kappa shape index (κ3) is 4.20. The van der Waals surface area contributed by atoms with Crippen LogP contribution in [0.5, 0.6) is 0 Å². The fourth-order valence-corrected chi connectivity index (χ4v) is 4.49. The molecule has 4 aromatic carbocycles. The molecule has 5 rings (SSSR count). The van der Waals surface area contributed by atoms with Crippen LogP contribution in [0.2, 0.25) is 0 Å². The summed E-state index contributed by atoms with van der Waals surface area (Å²) < 4.78 is 28.6. The number of hydrogen-bond acceptors (Lipinski definition) is 0. The fourth-order valence-electron chi connectivity index (χ4n) is 4.49. The van der Waals surface area contributed by atoms with E-state index in [2.05, 4.69) is 49.1 Å². The largest absolute Gasteiger partial charge is 0.207 e. The van der Waals surface area contributed by atoms with Crippen molar-refractivity contribution >= 4 is 0 Å². The molecule has 2 heteroatoms. The van der Waals surface area contributed by atoms with E-state index in [1.165, 1.54) is 39.9 Å². The van der Waals surface area contributed by atoms with Crippen LogP contribution in [0.25, 0.3) is 22.3 Å². The molecule has 4 aromatic rings. The molecular weight excluding hydrogens is 410 g/mol. The molecule has 33 heavy (non-hydrogen) atoms. The van der Waals surface area contributed by atoms with E-state index in [-0.39, 0.29) is 5.82 Å². The van der Waals surface area contributed by atoms with E-state index in [0.717, 1.165) is 24.8 Å². The molecule has 0 aromatic heterocycles. The minimum absolute atomic E-state index is 0.294. The van der Waals surface area contributed by atoms with Crippen molar-refractivity contribution in [3.63, 3.8) is 0 Å². The third-order valence-electron chi connectivity index (χ3n) is 6.30. The van der Waals surface area contributed by atoms with Gasteiger partial charge < -0.3 is 0 Å². The maximum atomic E-state index is 14.7. The first kappa shape index (κ1) is 21.2. The van der Waals surface area contributed by atoms with Gasteiger partial charge in [0.15, 0.2) is 0 Å². The number of aryl methyl sites for hydroxylation is 2. The van der Waals surface area contributed by atoms with Crippen molar-refractivity contribution in [1.29, 1.82) is 0 Å². The molecule has 0 aliphatic heterocycles. The third-order valence-corrected chi connectivity index (χ3v) is 6.30. The Bertz CT molecular complexity index is 1430. The lowest BCUT2D eigenvalue weighted by atomic mass is 10.0. The quantitative estimate of drug-likeness (QED) is 0.254. The van der Waals surface area contributed by atoms with Gasteiger partial charge in [-0.3, -0.25) is 0 Å². The summed E-state index contributed by atoms with van der Waals surface area (Å²) in [5.41, 5.74) is 9.65. The monoisotopic (exact) mass is 434 g/mol. The molecule has 0 unspecified atom stereocenters. The highest BCUT2D eigenvalue weighted by Crippen LogP contribution is 2.37. The zero-order chi connectivity index (χ0) is 22.9. The molecule has 0 saturated heterocycles. The van der Waals surface area contributed by atoms with E-state index in [1.54, 1.807) is 31.2 Å². The van der Waals surface area contributed by atoms with E-state index >= 15 is 0 Å². The minimum Gasteiger partial charge on any atom is -0.207 e. The van der Waals surface area contributed by atoms with Crippen LogP contribution in [0.1, 0.15) is 46.7 Å². The summed E-state index contributed by atoms with van der Waals surface area (Å²) in [4.78, 5) is 0. The summed E-state index contributed by atoms with van der Waals surface area (Å²) in [6.07, 6.45) is 3.16. The van der Waals surface area contributed by atoms with E-state index in [9.17, 15) is 8.78 Å². The lowest BCUT2D eigenvalue weighted by Crippen LogP contribution is -1.89. The lowest BCUT2D eigenvalue weighted by molar-refractivity contribution is 0.618. The van der Waals surface area contributed by atoms with E-state index in [0.29, 0.717) is 22.3 Å². The summed E-state index contributed by atoms with van der Waals surface area (Å²) in [6.45, 7) is 3.91. The smallest absolute Gasteiger partial charge is 0.139 e. The fraction of sp³-hybridized carbons (Fsp3) is 0.161. The molecule has 0 N–H and O–H groups in total. The molecule has 0 atom stereocenters. The van der Waals surface area contributed by atoms with Crippen molar-refractivity contribution in [1.82, 2.24) is 0 Å². The number of hydrogen-bond donors (Lipinski definition) is 0. The second kappa shape index (κ2) is 8.68. The standard InChI is InChI=1S/C31H24F2/c1-3-4-21-7-13-28-26(15-21)17-27-16-22(8-14-29(27)28)6-10-23-11-12-25(19-31(23)33)24-9-5-20(2)30(32)18-24/h5,7-9,11-16,18-19H,3-4,17H2,1-2H3. The van der Waals surface area contributed by atoms with Crippen LogP contribution >= 0.6 is 0 Å². The van der Waals surface area contributed by atoms with Gasteiger partial charge in [-0.15, -0.1) is 0 Å². The number of benzene rings is 4. The molecule has 0 nitrogen and oxygen atoms in total. The molecule has 0 amide bonds. The van der Waals surface area contributed by atoms with E-state index in [4.69, 9.17) is 0 Å². The van der Waals surface area contributed by atoms with Crippen LogP contribution < -0.4 is 0 Å². The van der Waals surface area contributed by atoms with Gasteiger partial charge in [-0.05, 0) is 94.6 Å². The predicted octanol–water partition coefficient (Wildman–Crippen LogP) is 7.86. The molecule has 1 aliphatic rings. The van der Waals surface area contributed by atoms with Gasteiger partial charge in [-0.1, -0.05) is 67.6 Å². The zero-order valence-corrected chi connectivity index (χ0v) is 18.8. The van der Waals surface area contributed by atoms with Crippen LogP contribution in [0.4, 0.5) is 8.78 Å². The van der Waals surface area contributed by atoms with E-state index in [1.807, 2.05) is 6.07 Å². The van der Waals surface area contributed by atoms with Gasteiger partial charge in [0.25, 0.3) is 0 Å². The van der Waals surface area contributed by atoms with Gasteiger partial charge in [0.1, 0.15) is 11.6 Å². The molecule has 0 radical (unpaired) electrons. The summed E-state index contributed by atoms with van der Waals surface area (Å²) in [7, 11) is 0. The van der Waals surface area contributed by atoms with Crippen LogP contribution in [-0.4, -0.2) is 0 Å². The maximum absolute atomic E-state index is 14.7. The van der Waals surface area contributed by atoms with Crippen LogP contribution in [0.3, 0.4) is 0 Å².